The van der Waals surface area contributed by atoms with Crippen LogP contribution < -0.4 is 0 Å². The molecule has 2 aromatic rings. The van der Waals surface area contributed by atoms with Crippen LogP contribution in [-0.4, -0.2) is 38.2 Å². The third kappa shape index (κ3) is 3.78. The molecular weight excluding hydrogens is 285 g/mol. The van der Waals surface area contributed by atoms with Gasteiger partial charge in [0.25, 0.3) is 0 Å². The van der Waals surface area contributed by atoms with Crippen LogP contribution in [0.15, 0.2) is 36.9 Å². The molecule has 1 aromatic carbocycles. The van der Waals surface area contributed by atoms with Crippen molar-refractivity contribution >= 4 is 11.8 Å². The fourth-order valence-corrected chi connectivity index (χ4v) is 2.15. The minimum Gasteiger partial charge on any atom is -0.384 e. The molecule has 22 heavy (non-hydrogen) atoms. The largest absolute Gasteiger partial charge is 0.384 e. The number of rotatable bonds is 6. The van der Waals surface area contributed by atoms with Crippen LogP contribution in [0.4, 0.5) is 4.39 Å². The number of aromatic nitrogens is 3. The quantitative estimate of drug-likeness (QED) is 0.891. The smallest absolute Gasteiger partial charge is 0.138 e. The van der Waals surface area contributed by atoms with E-state index in [-0.39, 0.29) is 5.82 Å². The third-order valence-electron chi connectivity index (χ3n) is 3.32. The van der Waals surface area contributed by atoms with Gasteiger partial charge >= 0.3 is 0 Å². The van der Waals surface area contributed by atoms with E-state index in [2.05, 4.69) is 10.1 Å². The fourth-order valence-electron chi connectivity index (χ4n) is 2.15. The predicted octanol–water partition coefficient (Wildman–Crippen LogP) is 2.59. The van der Waals surface area contributed by atoms with E-state index in [4.69, 9.17) is 4.74 Å². The molecule has 1 heterocycles. The molecule has 0 amide bonds. The Bertz CT molecular complexity index is 621. The van der Waals surface area contributed by atoms with Crippen molar-refractivity contribution in [1.29, 1.82) is 0 Å². The van der Waals surface area contributed by atoms with Crippen molar-refractivity contribution in [1.82, 2.24) is 14.8 Å². The Balaban J connectivity index is 2.41. The highest BCUT2D eigenvalue weighted by atomic mass is 19.1. The molecule has 0 aliphatic heterocycles. The van der Waals surface area contributed by atoms with Gasteiger partial charge in [0.1, 0.15) is 24.6 Å². The van der Waals surface area contributed by atoms with Gasteiger partial charge in [-0.05, 0) is 44.5 Å². The Hall–Kier alpha value is -2.05. The summed E-state index contributed by atoms with van der Waals surface area (Å²) in [6, 6.07) is 6.00. The summed E-state index contributed by atoms with van der Waals surface area (Å²) in [6.45, 7) is 5.95. The van der Waals surface area contributed by atoms with Gasteiger partial charge in [0, 0.05) is 6.61 Å². The maximum atomic E-state index is 13.0. The molecule has 6 heteroatoms. The van der Waals surface area contributed by atoms with Crippen molar-refractivity contribution in [3.8, 4) is 0 Å². The summed E-state index contributed by atoms with van der Waals surface area (Å²) < 4.78 is 20.1. The van der Waals surface area contributed by atoms with Crippen LogP contribution in [0.1, 0.15) is 26.3 Å². The number of aliphatic hydroxyl groups is 1. The van der Waals surface area contributed by atoms with E-state index < -0.39 is 11.7 Å². The summed E-state index contributed by atoms with van der Waals surface area (Å²) >= 11 is 0. The van der Waals surface area contributed by atoms with Crippen molar-refractivity contribution in [3.05, 3.63) is 48.3 Å². The van der Waals surface area contributed by atoms with Gasteiger partial charge < -0.3 is 9.84 Å². The number of halogens is 1. The van der Waals surface area contributed by atoms with Gasteiger partial charge in [-0.15, -0.1) is 0 Å². The molecule has 0 saturated carbocycles. The van der Waals surface area contributed by atoms with E-state index in [1.165, 1.54) is 29.5 Å². The van der Waals surface area contributed by atoms with Gasteiger partial charge in [0.05, 0.1) is 11.3 Å². The number of hydrogen-bond acceptors (Lipinski definition) is 4. The minimum absolute atomic E-state index is 0.311. The normalized spacial score (nSPS) is 14.1. The lowest BCUT2D eigenvalue weighted by molar-refractivity contribution is -0.0753. The monoisotopic (exact) mass is 305 g/mol. The average molecular weight is 305 g/mol. The van der Waals surface area contributed by atoms with Gasteiger partial charge in [-0.25, -0.2) is 14.1 Å². The van der Waals surface area contributed by atoms with Gasteiger partial charge in [-0.1, -0.05) is 12.1 Å². The van der Waals surface area contributed by atoms with Gasteiger partial charge in [-0.3, -0.25) is 0 Å². The number of ether oxygens (including phenoxy) is 1. The Morgan fingerprint density at radius 2 is 2.09 bits per heavy atom. The fraction of sp³-hybridized carbons (Fsp3) is 0.375. The molecule has 0 saturated heterocycles. The maximum Gasteiger partial charge on any atom is 0.138 e. The van der Waals surface area contributed by atoms with E-state index in [1.54, 1.807) is 32.1 Å². The highest BCUT2D eigenvalue weighted by Crippen LogP contribution is 2.25. The summed E-state index contributed by atoms with van der Waals surface area (Å²) in [5, 5.41) is 14.8. The zero-order valence-electron chi connectivity index (χ0n) is 12.9. The van der Waals surface area contributed by atoms with Crippen molar-refractivity contribution in [2.45, 2.75) is 32.5 Å². The van der Waals surface area contributed by atoms with Crippen molar-refractivity contribution < 1.29 is 14.2 Å². The SMILES string of the molecule is CCOC(C)(C)C(O)/C(=C\c1ccc(F)cc1)n1cncn1. The molecule has 2 rings (SSSR count). The van der Waals surface area contributed by atoms with Crippen molar-refractivity contribution in [3.63, 3.8) is 0 Å². The zero-order chi connectivity index (χ0) is 16.2. The molecular formula is C16H20FN3O2. The topological polar surface area (TPSA) is 60.2 Å². The predicted molar refractivity (Wildman–Crippen MR) is 82.3 cm³/mol. The molecule has 118 valence electrons. The second-order valence-electron chi connectivity index (χ2n) is 5.40. The molecule has 1 atom stereocenters. The Morgan fingerprint density at radius 1 is 1.41 bits per heavy atom. The molecule has 0 aliphatic carbocycles. The van der Waals surface area contributed by atoms with Gasteiger partial charge in [-0.2, -0.15) is 5.10 Å². The Labute approximate surface area is 129 Å². The first-order valence-corrected chi connectivity index (χ1v) is 7.08. The summed E-state index contributed by atoms with van der Waals surface area (Å²) in [7, 11) is 0. The number of aliphatic hydroxyl groups excluding tert-OH is 1. The van der Waals surface area contributed by atoms with Crippen LogP contribution in [0.2, 0.25) is 0 Å². The summed E-state index contributed by atoms with van der Waals surface area (Å²) in [5.74, 6) is -0.311. The molecule has 5 nitrogen and oxygen atoms in total. The number of nitrogens with zero attached hydrogens (tertiary/aromatic N) is 3. The summed E-state index contributed by atoms with van der Waals surface area (Å²) in [4.78, 5) is 3.91. The van der Waals surface area contributed by atoms with Crippen LogP contribution in [0.5, 0.6) is 0 Å². The molecule has 0 radical (unpaired) electrons. The van der Waals surface area contributed by atoms with Crippen LogP contribution in [0.3, 0.4) is 0 Å². The number of hydrogen-bond donors (Lipinski definition) is 1. The van der Waals surface area contributed by atoms with Crippen LogP contribution in [0.25, 0.3) is 11.8 Å². The van der Waals surface area contributed by atoms with Crippen LogP contribution in [0, 0.1) is 5.82 Å². The second-order valence-corrected chi connectivity index (χ2v) is 5.40. The molecule has 1 N–H and O–H groups in total. The molecule has 1 unspecified atom stereocenters. The zero-order valence-corrected chi connectivity index (χ0v) is 12.9. The van der Waals surface area contributed by atoms with Crippen molar-refractivity contribution in [2.24, 2.45) is 0 Å². The van der Waals surface area contributed by atoms with Crippen LogP contribution in [-0.2, 0) is 4.74 Å². The van der Waals surface area contributed by atoms with Gasteiger partial charge in [0.2, 0.25) is 0 Å². The first-order chi connectivity index (χ1) is 10.4. The lowest BCUT2D eigenvalue weighted by Gasteiger charge is -2.31. The average Bonchev–Trinajstić information content (AvgIpc) is 3.00. The Kier molecular flexibility index (Phi) is 5.05. The van der Waals surface area contributed by atoms with Crippen molar-refractivity contribution in [2.75, 3.05) is 6.61 Å². The highest BCUT2D eigenvalue weighted by molar-refractivity contribution is 5.73. The molecule has 0 fully saturated rings. The third-order valence-corrected chi connectivity index (χ3v) is 3.32. The van der Waals surface area contributed by atoms with E-state index in [1.807, 2.05) is 6.92 Å². The van der Waals surface area contributed by atoms with E-state index in [0.717, 1.165) is 5.56 Å². The standard InChI is InChI=1S/C16H20FN3O2/c1-4-22-16(2,3)15(21)14(20-11-18-10-19-20)9-12-5-7-13(17)8-6-12/h5-11,15,21H,4H2,1-3H3/b14-9+. The molecule has 0 spiro atoms. The lowest BCUT2D eigenvalue weighted by Crippen LogP contribution is -2.41. The van der Waals surface area contributed by atoms with E-state index in [0.29, 0.717) is 12.3 Å². The van der Waals surface area contributed by atoms with Crippen LogP contribution >= 0.6 is 0 Å². The summed E-state index contributed by atoms with van der Waals surface area (Å²) in [6.07, 6.45) is 3.69. The Morgan fingerprint density at radius 3 is 2.64 bits per heavy atom. The molecule has 0 aliphatic rings. The summed E-state index contributed by atoms with van der Waals surface area (Å²) in [5.41, 5.74) is 0.452. The molecule has 1 aromatic heterocycles. The first-order valence-electron chi connectivity index (χ1n) is 7.08. The van der Waals surface area contributed by atoms with Gasteiger partial charge in [0.15, 0.2) is 0 Å². The molecule has 0 bridgehead atoms. The lowest BCUT2D eigenvalue weighted by atomic mass is 9.97. The van der Waals surface area contributed by atoms with E-state index >= 15 is 0 Å². The first kappa shape index (κ1) is 16.3. The maximum absolute atomic E-state index is 13.0. The highest BCUT2D eigenvalue weighted by Gasteiger charge is 2.32. The minimum atomic E-state index is -0.931. The second kappa shape index (κ2) is 6.81. The van der Waals surface area contributed by atoms with E-state index in [9.17, 15) is 9.50 Å². The number of benzene rings is 1.